The van der Waals surface area contributed by atoms with E-state index in [-0.39, 0.29) is 0 Å². The first kappa shape index (κ1) is 17.6. The minimum absolute atomic E-state index is 0.494. The molecule has 1 aromatic heterocycles. The zero-order valence-electron chi connectivity index (χ0n) is 13.2. The van der Waals surface area contributed by atoms with Crippen molar-refractivity contribution in [3.63, 3.8) is 0 Å². The van der Waals surface area contributed by atoms with E-state index in [9.17, 15) is 0 Å². The van der Waals surface area contributed by atoms with E-state index in [1.54, 1.807) is 0 Å². The van der Waals surface area contributed by atoms with Gasteiger partial charge in [-0.15, -0.1) is 0 Å². The van der Waals surface area contributed by atoms with Crippen LogP contribution in [0.5, 0.6) is 0 Å². The second-order valence-electron chi connectivity index (χ2n) is 5.58. The Hall–Kier alpha value is -0.740. The molecule has 0 radical (unpaired) electrons. The van der Waals surface area contributed by atoms with Crippen LogP contribution < -0.4 is 0 Å². The van der Waals surface area contributed by atoms with E-state index in [2.05, 4.69) is 68.4 Å². The van der Waals surface area contributed by atoms with Crippen LogP contribution in [-0.2, 0) is 6.54 Å². The molecule has 0 spiro atoms. The number of benzene rings is 1. The Morgan fingerprint density at radius 2 is 1.91 bits per heavy atom. The molecule has 1 aromatic carbocycles. The summed E-state index contributed by atoms with van der Waals surface area (Å²) in [5.41, 5.74) is 1.40. The van der Waals surface area contributed by atoms with Crippen molar-refractivity contribution in [2.75, 3.05) is 5.75 Å². The van der Waals surface area contributed by atoms with Crippen molar-refractivity contribution in [3.05, 3.63) is 53.0 Å². The van der Waals surface area contributed by atoms with Crippen LogP contribution in [0, 0.1) is 0 Å². The van der Waals surface area contributed by atoms with E-state index in [0.29, 0.717) is 5.25 Å². The van der Waals surface area contributed by atoms with Gasteiger partial charge < -0.3 is 4.57 Å². The molecule has 0 fully saturated rings. The van der Waals surface area contributed by atoms with Gasteiger partial charge in [-0.1, -0.05) is 60.7 Å². The normalized spacial score (nSPS) is 12.5. The van der Waals surface area contributed by atoms with E-state index in [0.717, 1.165) is 11.0 Å². The van der Waals surface area contributed by atoms with Crippen molar-refractivity contribution >= 4 is 27.7 Å². The summed E-state index contributed by atoms with van der Waals surface area (Å²) in [4.78, 5) is 4.16. The molecule has 1 atom stereocenters. The summed E-state index contributed by atoms with van der Waals surface area (Å²) in [6, 6.07) is 8.74. The minimum atomic E-state index is 0.494. The Balaban J connectivity index is 1.88. The number of nitrogens with zero attached hydrogens (tertiary/aromatic N) is 2. The average molecular weight is 381 g/mol. The molecule has 0 aliphatic heterocycles. The molecule has 2 nitrogen and oxygen atoms in total. The Morgan fingerprint density at radius 1 is 1.14 bits per heavy atom. The van der Waals surface area contributed by atoms with E-state index >= 15 is 0 Å². The zero-order chi connectivity index (χ0) is 15.6. The SMILES string of the molecule is CCCCCCCSC(Cn1ccnc1)c1ccc(Br)cc1. The van der Waals surface area contributed by atoms with Crippen molar-refractivity contribution in [2.24, 2.45) is 0 Å². The van der Waals surface area contributed by atoms with Crippen LogP contribution in [0.2, 0.25) is 0 Å². The minimum Gasteiger partial charge on any atom is -0.336 e. The highest BCUT2D eigenvalue weighted by Gasteiger charge is 2.12. The highest BCUT2D eigenvalue weighted by atomic mass is 79.9. The van der Waals surface area contributed by atoms with Gasteiger partial charge >= 0.3 is 0 Å². The van der Waals surface area contributed by atoms with Gasteiger partial charge in [-0.25, -0.2) is 4.98 Å². The van der Waals surface area contributed by atoms with Crippen LogP contribution in [0.15, 0.2) is 47.5 Å². The first-order valence-electron chi connectivity index (χ1n) is 8.12. The second kappa shape index (κ2) is 10.1. The summed E-state index contributed by atoms with van der Waals surface area (Å²) in [5, 5.41) is 0.494. The Morgan fingerprint density at radius 3 is 2.59 bits per heavy atom. The smallest absolute Gasteiger partial charge is 0.0946 e. The molecule has 0 aliphatic rings. The van der Waals surface area contributed by atoms with Crippen molar-refractivity contribution in [3.8, 4) is 0 Å². The van der Waals surface area contributed by atoms with Gasteiger partial charge in [-0.3, -0.25) is 0 Å². The number of unbranched alkanes of at least 4 members (excludes halogenated alkanes) is 4. The molecule has 0 amide bonds. The third kappa shape index (κ3) is 6.17. The maximum absolute atomic E-state index is 4.16. The molecule has 0 bridgehead atoms. The number of hydrogen-bond acceptors (Lipinski definition) is 2. The van der Waals surface area contributed by atoms with Gasteiger partial charge in [0.1, 0.15) is 0 Å². The second-order valence-corrected chi connectivity index (χ2v) is 7.81. The number of thioether (sulfide) groups is 1. The fourth-order valence-corrected chi connectivity index (χ4v) is 4.00. The van der Waals surface area contributed by atoms with E-state index in [1.165, 1.54) is 43.4 Å². The topological polar surface area (TPSA) is 17.8 Å². The number of hydrogen-bond donors (Lipinski definition) is 0. The number of rotatable bonds is 10. The van der Waals surface area contributed by atoms with Gasteiger partial charge in [-0.2, -0.15) is 11.8 Å². The predicted molar refractivity (Wildman–Crippen MR) is 100 cm³/mol. The maximum Gasteiger partial charge on any atom is 0.0946 e. The largest absolute Gasteiger partial charge is 0.336 e. The van der Waals surface area contributed by atoms with Crippen LogP contribution in [0.3, 0.4) is 0 Å². The summed E-state index contributed by atoms with van der Waals surface area (Å²) < 4.78 is 3.32. The van der Waals surface area contributed by atoms with Gasteiger partial charge in [0, 0.05) is 28.7 Å². The lowest BCUT2D eigenvalue weighted by atomic mass is 10.1. The number of imidazole rings is 1. The Bertz CT molecular complexity index is 510. The highest BCUT2D eigenvalue weighted by Crippen LogP contribution is 2.32. The van der Waals surface area contributed by atoms with Crippen molar-refractivity contribution < 1.29 is 0 Å². The third-order valence-corrected chi connectivity index (χ3v) is 5.62. The van der Waals surface area contributed by atoms with Gasteiger partial charge in [0.05, 0.1) is 6.33 Å². The molecule has 22 heavy (non-hydrogen) atoms. The highest BCUT2D eigenvalue weighted by molar-refractivity contribution is 9.10. The van der Waals surface area contributed by atoms with Crippen LogP contribution >= 0.6 is 27.7 Å². The van der Waals surface area contributed by atoms with Crippen molar-refractivity contribution in [1.82, 2.24) is 9.55 Å². The van der Waals surface area contributed by atoms with Gasteiger partial charge in [0.15, 0.2) is 0 Å². The summed E-state index contributed by atoms with van der Waals surface area (Å²) in [6.45, 7) is 3.25. The Labute approximate surface area is 146 Å². The molecule has 0 saturated carbocycles. The van der Waals surface area contributed by atoms with Crippen LogP contribution in [0.1, 0.15) is 49.8 Å². The lowest BCUT2D eigenvalue weighted by Gasteiger charge is -2.18. The molecule has 2 aromatic rings. The third-order valence-electron chi connectivity index (χ3n) is 3.74. The first-order valence-corrected chi connectivity index (χ1v) is 9.96. The molecule has 1 heterocycles. The summed E-state index contributed by atoms with van der Waals surface area (Å²) in [6.07, 6.45) is 12.6. The monoisotopic (exact) mass is 380 g/mol. The quantitative estimate of drug-likeness (QED) is 0.464. The maximum atomic E-state index is 4.16. The van der Waals surface area contributed by atoms with Gasteiger partial charge in [-0.05, 0) is 29.9 Å². The zero-order valence-corrected chi connectivity index (χ0v) is 15.7. The summed E-state index contributed by atoms with van der Waals surface area (Å²) in [5.74, 6) is 1.24. The molecule has 0 N–H and O–H groups in total. The molecule has 0 aliphatic carbocycles. The van der Waals surface area contributed by atoms with Gasteiger partial charge in [0.25, 0.3) is 0 Å². The van der Waals surface area contributed by atoms with Crippen LogP contribution in [0.25, 0.3) is 0 Å². The van der Waals surface area contributed by atoms with Crippen molar-refractivity contribution in [2.45, 2.75) is 50.8 Å². The van der Waals surface area contributed by atoms with E-state index in [4.69, 9.17) is 0 Å². The van der Waals surface area contributed by atoms with E-state index in [1.807, 2.05) is 18.7 Å². The molecule has 120 valence electrons. The lowest BCUT2D eigenvalue weighted by molar-refractivity contribution is 0.655. The molecule has 1 unspecified atom stereocenters. The molecular weight excluding hydrogens is 356 g/mol. The van der Waals surface area contributed by atoms with Crippen LogP contribution in [-0.4, -0.2) is 15.3 Å². The number of aromatic nitrogens is 2. The molecular formula is C18H25BrN2S. The van der Waals surface area contributed by atoms with Crippen LogP contribution in [0.4, 0.5) is 0 Å². The average Bonchev–Trinajstić information content (AvgIpc) is 3.03. The summed E-state index contributed by atoms with van der Waals surface area (Å²) in [7, 11) is 0. The van der Waals surface area contributed by atoms with E-state index < -0.39 is 0 Å². The molecule has 2 rings (SSSR count). The predicted octanol–water partition coefficient (Wildman–Crippen LogP) is 6.09. The fourth-order valence-electron chi connectivity index (χ4n) is 2.45. The van der Waals surface area contributed by atoms with Crippen molar-refractivity contribution in [1.29, 1.82) is 0 Å². The fraction of sp³-hybridized carbons (Fsp3) is 0.500. The molecule has 0 saturated heterocycles. The summed E-state index contributed by atoms with van der Waals surface area (Å²) >= 11 is 5.59. The molecule has 4 heteroatoms. The van der Waals surface area contributed by atoms with Gasteiger partial charge in [0.2, 0.25) is 0 Å². The Kier molecular flexibility index (Phi) is 8.10. The lowest BCUT2D eigenvalue weighted by Crippen LogP contribution is -2.05. The standard InChI is InChI=1S/C18H25BrN2S/c1-2-3-4-5-6-13-22-18(14-21-12-11-20-15-21)16-7-9-17(19)10-8-16/h7-12,15,18H,2-6,13-14H2,1H3. The first-order chi connectivity index (χ1) is 10.8. The number of halogens is 1.